The summed E-state index contributed by atoms with van der Waals surface area (Å²) in [5.41, 5.74) is 1.77. The van der Waals surface area contributed by atoms with Gasteiger partial charge in [-0.1, -0.05) is 43.3 Å². The van der Waals surface area contributed by atoms with Gasteiger partial charge in [0, 0.05) is 12.1 Å². The van der Waals surface area contributed by atoms with Gasteiger partial charge in [0.05, 0.1) is 10.6 Å². The molecule has 1 N–H and O–H groups in total. The quantitative estimate of drug-likeness (QED) is 0.890. The predicted octanol–water partition coefficient (Wildman–Crippen LogP) is 3.05. The minimum Gasteiger partial charge on any atom is -0.326 e. The first-order valence-electron chi connectivity index (χ1n) is 7.18. The molecule has 2 aromatic carbocycles. The highest BCUT2D eigenvalue weighted by Crippen LogP contribution is 2.16. The van der Waals surface area contributed by atoms with Gasteiger partial charge in [0.25, 0.3) is 0 Å². The minimum atomic E-state index is -3.42. The van der Waals surface area contributed by atoms with Crippen molar-refractivity contribution >= 4 is 21.4 Å². The van der Waals surface area contributed by atoms with E-state index >= 15 is 0 Å². The zero-order valence-electron chi connectivity index (χ0n) is 12.5. The number of carbonyl (C=O) groups excluding carboxylic acids is 1. The summed E-state index contributed by atoms with van der Waals surface area (Å²) in [5, 5.41) is 2.78. The standard InChI is InChI=1S/C17H19NO3S/c1-2-14-8-6-7-11-16(14)18-17(19)12-13-22(20,21)15-9-4-3-5-10-15/h3-11H,2,12-13H2,1H3,(H,18,19). The van der Waals surface area contributed by atoms with Crippen molar-refractivity contribution in [1.29, 1.82) is 0 Å². The monoisotopic (exact) mass is 317 g/mol. The Hall–Kier alpha value is -2.14. The van der Waals surface area contributed by atoms with E-state index in [9.17, 15) is 13.2 Å². The van der Waals surface area contributed by atoms with Gasteiger partial charge in [-0.15, -0.1) is 0 Å². The molecule has 1 amide bonds. The van der Waals surface area contributed by atoms with Crippen LogP contribution < -0.4 is 5.32 Å². The second kappa shape index (κ2) is 7.22. The lowest BCUT2D eigenvalue weighted by Gasteiger charge is -2.10. The number of nitrogens with one attached hydrogen (secondary N) is 1. The molecular weight excluding hydrogens is 298 g/mol. The second-order valence-electron chi connectivity index (χ2n) is 4.94. The van der Waals surface area contributed by atoms with E-state index in [1.807, 2.05) is 31.2 Å². The van der Waals surface area contributed by atoms with Crippen molar-refractivity contribution in [1.82, 2.24) is 0 Å². The molecule has 2 aromatic rings. The number of carbonyl (C=O) groups is 1. The van der Waals surface area contributed by atoms with Gasteiger partial charge in [0.1, 0.15) is 0 Å². The number of rotatable bonds is 6. The summed E-state index contributed by atoms with van der Waals surface area (Å²) in [6, 6.07) is 15.7. The topological polar surface area (TPSA) is 63.2 Å². The molecule has 0 aromatic heterocycles. The molecule has 5 heteroatoms. The molecule has 0 aliphatic heterocycles. The van der Waals surface area contributed by atoms with E-state index in [1.54, 1.807) is 30.3 Å². The molecule has 0 unspecified atom stereocenters. The molecule has 0 atom stereocenters. The van der Waals surface area contributed by atoms with Crippen LogP contribution >= 0.6 is 0 Å². The van der Waals surface area contributed by atoms with Gasteiger partial charge in [-0.05, 0) is 30.2 Å². The first kappa shape index (κ1) is 16.2. The Labute approximate surface area is 131 Å². The summed E-state index contributed by atoms with van der Waals surface area (Å²) in [4.78, 5) is 12.2. The molecule has 0 aliphatic carbocycles. The van der Waals surface area contributed by atoms with Crippen LogP contribution in [0.25, 0.3) is 0 Å². The van der Waals surface area contributed by atoms with Crippen LogP contribution in [0.5, 0.6) is 0 Å². The number of benzene rings is 2. The molecule has 0 bridgehead atoms. The third kappa shape index (κ3) is 4.18. The highest BCUT2D eigenvalue weighted by molar-refractivity contribution is 7.91. The molecule has 0 saturated carbocycles. The molecule has 0 spiro atoms. The number of hydrogen-bond donors (Lipinski definition) is 1. The molecule has 4 nitrogen and oxygen atoms in total. The van der Waals surface area contributed by atoms with Gasteiger partial charge in [-0.25, -0.2) is 8.42 Å². The van der Waals surface area contributed by atoms with Crippen molar-refractivity contribution in [3.05, 3.63) is 60.2 Å². The summed E-state index contributed by atoms with van der Waals surface area (Å²) in [5.74, 6) is -0.489. The fraction of sp³-hybridized carbons (Fsp3) is 0.235. The maximum Gasteiger partial charge on any atom is 0.225 e. The second-order valence-corrected chi connectivity index (χ2v) is 7.05. The van der Waals surface area contributed by atoms with E-state index in [-0.39, 0.29) is 23.0 Å². The average molecular weight is 317 g/mol. The zero-order chi connectivity index (χ0) is 16.0. The van der Waals surface area contributed by atoms with Gasteiger partial charge in [0.2, 0.25) is 5.91 Å². The summed E-state index contributed by atoms with van der Waals surface area (Å²) < 4.78 is 24.3. The van der Waals surface area contributed by atoms with E-state index in [4.69, 9.17) is 0 Å². The Bertz CT molecular complexity index is 740. The maximum atomic E-state index is 12.1. The molecule has 2 rings (SSSR count). The van der Waals surface area contributed by atoms with Crippen molar-refractivity contribution in [2.24, 2.45) is 0 Å². The number of sulfone groups is 1. The Kier molecular flexibility index (Phi) is 5.33. The number of amides is 1. The van der Waals surface area contributed by atoms with E-state index in [0.29, 0.717) is 0 Å². The predicted molar refractivity (Wildman–Crippen MR) is 87.6 cm³/mol. The first-order valence-corrected chi connectivity index (χ1v) is 8.83. The van der Waals surface area contributed by atoms with Crippen LogP contribution in [-0.4, -0.2) is 20.1 Å². The van der Waals surface area contributed by atoms with Gasteiger partial charge < -0.3 is 5.32 Å². The highest BCUT2D eigenvalue weighted by Gasteiger charge is 2.16. The fourth-order valence-corrected chi connectivity index (χ4v) is 3.40. The van der Waals surface area contributed by atoms with Gasteiger partial charge in [-0.2, -0.15) is 0 Å². The van der Waals surface area contributed by atoms with E-state index < -0.39 is 9.84 Å². The Morgan fingerprint density at radius 3 is 2.32 bits per heavy atom. The fourth-order valence-electron chi connectivity index (χ4n) is 2.14. The van der Waals surface area contributed by atoms with Crippen LogP contribution in [0, 0.1) is 0 Å². The number of aryl methyl sites for hydroxylation is 1. The zero-order valence-corrected chi connectivity index (χ0v) is 13.3. The van der Waals surface area contributed by atoms with Gasteiger partial charge in [0.15, 0.2) is 9.84 Å². The maximum absolute atomic E-state index is 12.1. The summed E-state index contributed by atoms with van der Waals surface area (Å²) in [7, 11) is -3.42. The van der Waals surface area contributed by atoms with E-state index in [1.165, 1.54) is 0 Å². The van der Waals surface area contributed by atoms with Crippen molar-refractivity contribution in [2.75, 3.05) is 11.1 Å². The minimum absolute atomic E-state index is 0.0602. The van der Waals surface area contributed by atoms with Gasteiger partial charge in [-0.3, -0.25) is 4.79 Å². The SMILES string of the molecule is CCc1ccccc1NC(=O)CCS(=O)(=O)c1ccccc1. The lowest BCUT2D eigenvalue weighted by Crippen LogP contribution is -2.18. The molecule has 116 valence electrons. The molecule has 0 fully saturated rings. The number of hydrogen-bond acceptors (Lipinski definition) is 3. The third-order valence-corrected chi connectivity index (χ3v) is 5.10. The Morgan fingerprint density at radius 1 is 1.00 bits per heavy atom. The molecule has 0 heterocycles. The normalized spacial score (nSPS) is 11.1. The molecular formula is C17H19NO3S. The van der Waals surface area contributed by atoms with E-state index in [2.05, 4.69) is 5.32 Å². The summed E-state index contributed by atoms with van der Waals surface area (Å²) in [6.45, 7) is 2.00. The lowest BCUT2D eigenvalue weighted by molar-refractivity contribution is -0.115. The highest BCUT2D eigenvalue weighted by atomic mass is 32.2. The van der Waals surface area contributed by atoms with Crippen LogP contribution in [0.1, 0.15) is 18.9 Å². The van der Waals surface area contributed by atoms with Crippen molar-refractivity contribution in [3.8, 4) is 0 Å². The Morgan fingerprint density at radius 2 is 1.64 bits per heavy atom. The van der Waals surface area contributed by atoms with Crippen molar-refractivity contribution in [2.45, 2.75) is 24.7 Å². The smallest absolute Gasteiger partial charge is 0.225 e. The summed E-state index contributed by atoms with van der Waals surface area (Å²) >= 11 is 0. The van der Waals surface area contributed by atoms with Crippen LogP contribution in [0.3, 0.4) is 0 Å². The number of para-hydroxylation sites is 1. The van der Waals surface area contributed by atoms with Crippen LogP contribution in [0.15, 0.2) is 59.5 Å². The largest absolute Gasteiger partial charge is 0.326 e. The van der Waals surface area contributed by atoms with Crippen LogP contribution in [0.4, 0.5) is 5.69 Å². The average Bonchev–Trinajstić information content (AvgIpc) is 2.54. The molecule has 0 aliphatic rings. The van der Waals surface area contributed by atoms with Gasteiger partial charge >= 0.3 is 0 Å². The summed E-state index contributed by atoms with van der Waals surface area (Å²) in [6.07, 6.45) is 0.744. The van der Waals surface area contributed by atoms with E-state index in [0.717, 1.165) is 17.7 Å². The Balaban J connectivity index is 1.99. The van der Waals surface area contributed by atoms with Crippen LogP contribution in [-0.2, 0) is 21.1 Å². The van der Waals surface area contributed by atoms with Crippen LogP contribution in [0.2, 0.25) is 0 Å². The lowest BCUT2D eigenvalue weighted by atomic mass is 10.1. The molecule has 0 saturated heterocycles. The first-order chi connectivity index (χ1) is 10.5. The van der Waals surface area contributed by atoms with Crippen molar-refractivity contribution < 1.29 is 13.2 Å². The number of anilines is 1. The molecule has 22 heavy (non-hydrogen) atoms. The molecule has 0 radical (unpaired) electrons. The third-order valence-electron chi connectivity index (χ3n) is 3.37. The van der Waals surface area contributed by atoms with Crippen molar-refractivity contribution in [3.63, 3.8) is 0 Å².